The van der Waals surface area contributed by atoms with Crippen molar-refractivity contribution in [2.45, 2.75) is 19.9 Å². The van der Waals surface area contributed by atoms with Crippen molar-refractivity contribution in [3.8, 4) is 0 Å². The van der Waals surface area contributed by atoms with E-state index in [2.05, 4.69) is 15.1 Å². The Kier molecular flexibility index (Phi) is 5.73. The highest BCUT2D eigenvalue weighted by molar-refractivity contribution is 5.78. The van der Waals surface area contributed by atoms with Gasteiger partial charge < -0.3 is 11.1 Å². The zero-order valence-corrected chi connectivity index (χ0v) is 10.4. The number of rotatable bonds is 5. The van der Waals surface area contributed by atoms with Crippen molar-refractivity contribution < 1.29 is 4.79 Å². The van der Waals surface area contributed by atoms with E-state index in [9.17, 15) is 4.79 Å². The van der Waals surface area contributed by atoms with Crippen molar-refractivity contribution in [3.63, 3.8) is 0 Å². The van der Waals surface area contributed by atoms with Gasteiger partial charge in [0.25, 0.3) is 0 Å². The van der Waals surface area contributed by atoms with Crippen LogP contribution in [-0.2, 0) is 4.79 Å². The van der Waals surface area contributed by atoms with E-state index in [4.69, 9.17) is 5.73 Å². The molecule has 1 aliphatic rings. The lowest BCUT2D eigenvalue weighted by Crippen LogP contribution is -2.50. The van der Waals surface area contributed by atoms with Crippen LogP contribution in [0.4, 0.5) is 0 Å². The van der Waals surface area contributed by atoms with Gasteiger partial charge in [0.1, 0.15) is 0 Å². The highest BCUT2D eigenvalue weighted by Crippen LogP contribution is 2.00. The lowest BCUT2D eigenvalue weighted by atomic mass is 10.3. The Labute approximate surface area is 98.0 Å². The third-order valence-electron chi connectivity index (χ3n) is 2.73. The summed E-state index contributed by atoms with van der Waals surface area (Å²) in [5, 5.41) is 2.91. The van der Waals surface area contributed by atoms with E-state index in [-0.39, 0.29) is 11.9 Å². The Bertz CT molecular complexity index is 212. The molecule has 0 radical (unpaired) electrons. The quantitative estimate of drug-likeness (QED) is 0.639. The fourth-order valence-electron chi connectivity index (χ4n) is 1.92. The Morgan fingerprint density at radius 1 is 1.25 bits per heavy atom. The van der Waals surface area contributed by atoms with Crippen LogP contribution in [0.3, 0.4) is 0 Å². The molecule has 1 aliphatic heterocycles. The fourth-order valence-corrected chi connectivity index (χ4v) is 1.92. The molecular formula is C11H24N4O. The summed E-state index contributed by atoms with van der Waals surface area (Å²) in [5.74, 6) is 0.127. The molecule has 0 atom stereocenters. The highest BCUT2D eigenvalue weighted by atomic mass is 16.2. The van der Waals surface area contributed by atoms with Crippen LogP contribution in [0.1, 0.15) is 13.8 Å². The summed E-state index contributed by atoms with van der Waals surface area (Å²) in [5.41, 5.74) is 5.51. The van der Waals surface area contributed by atoms with Gasteiger partial charge in [-0.15, -0.1) is 0 Å². The van der Waals surface area contributed by atoms with Gasteiger partial charge in [-0.25, -0.2) is 0 Å². The Morgan fingerprint density at radius 3 is 2.31 bits per heavy atom. The first-order valence-electron chi connectivity index (χ1n) is 6.06. The van der Waals surface area contributed by atoms with E-state index >= 15 is 0 Å². The second kappa shape index (κ2) is 6.83. The molecule has 94 valence electrons. The predicted molar refractivity (Wildman–Crippen MR) is 65.2 cm³/mol. The van der Waals surface area contributed by atoms with Gasteiger partial charge in [0.15, 0.2) is 0 Å². The van der Waals surface area contributed by atoms with Crippen LogP contribution in [0.2, 0.25) is 0 Å². The summed E-state index contributed by atoms with van der Waals surface area (Å²) < 4.78 is 0. The Balaban J connectivity index is 2.19. The monoisotopic (exact) mass is 228 g/mol. The molecule has 1 amide bonds. The molecule has 0 aromatic carbocycles. The van der Waals surface area contributed by atoms with Gasteiger partial charge in [-0.3, -0.25) is 14.6 Å². The van der Waals surface area contributed by atoms with Crippen molar-refractivity contribution >= 4 is 5.91 Å². The minimum absolute atomic E-state index is 0.127. The second-order valence-electron chi connectivity index (χ2n) is 4.63. The molecule has 5 nitrogen and oxygen atoms in total. The standard InChI is InChI=1S/C11H24N4O/c1-10(2)13-11(16)9-15-7-5-14(4-3-12)6-8-15/h10H,3-9,12H2,1-2H3,(H,13,16). The zero-order valence-electron chi connectivity index (χ0n) is 10.4. The second-order valence-corrected chi connectivity index (χ2v) is 4.63. The summed E-state index contributed by atoms with van der Waals surface area (Å²) in [6.45, 7) is 10.1. The van der Waals surface area contributed by atoms with Gasteiger partial charge >= 0.3 is 0 Å². The number of nitrogens with two attached hydrogens (primary N) is 1. The van der Waals surface area contributed by atoms with Crippen LogP contribution < -0.4 is 11.1 Å². The van der Waals surface area contributed by atoms with Gasteiger partial charge in [-0.05, 0) is 13.8 Å². The number of carbonyl (C=O) groups excluding carboxylic acids is 1. The molecule has 5 heteroatoms. The third-order valence-corrected chi connectivity index (χ3v) is 2.73. The maximum absolute atomic E-state index is 11.5. The molecule has 16 heavy (non-hydrogen) atoms. The van der Waals surface area contributed by atoms with Crippen LogP contribution >= 0.6 is 0 Å². The Morgan fingerprint density at radius 2 is 1.81 bits per heavy atom. The maximum atomic E-state index is 11.5. The number of nitrogens with one attached hydrogen (secondary N) is 1. The first-order chi connectivity index (χ1) is 7.61. The minimum Gasteiger partial charge on any atom is -0.353 e. The van der Waals surface area contributed by atoms with Crippen molar-refractivity contribution in [1.82, 2.24) is 15.1 Å². The molecule has 1 fully saturated rings. The van der Waals surface area contributed by atoms with Crippen molar-refractivity contribution in [2.24, 2.45) is 5.73 Å². The normalized spacial score (nSPS) is 19.0. The van der Waals surface area contributed by atoms with Crippen LogP contribution in [0, 0.1) is 0 Å². The number of carbonyl (C=O) groups is 1. The topological polar surface area (TPSA) is 61.6 Å². The molecule has 0 aromatic rings. The molecule has 1 saturated heterocycles. The molecular weight excluding hydrogens is 204 g/mol. The van der Waals surface area contributed by atoms with E-state index in [0.29, 0.717) is 13.1 Å². The molecule has 0 aromatic heterocycles. The van der Waals surface area contributed by atoms with E-state index in [1.165, 1.54) is 0 Å². The molecule has 0 unspecified atom stereocenters. The zero-order chi connectivity index (χ0) is 12.0. The smallest absolute Gasteiger partial charge is 0.234 e. The number of hydrogen-bond donors (Lipinski definition) is 2. The average Bonchev–Trinajstić information content (AvgIpc) is 2.20. The summed E-state index contributed by atoms with van der Waals surface area (Å²) in [7, 11) is 0. The Hall–Kier alpha value is -0.650. The van der Waals surface area contributed by atoms with E-state index < -0.39 is 0 Å². The summed E-state index contributed by atoms with van der Waals surface area (Å²) in [6, 6.07) is 0.228. The van der Waals surface area contributed by atoms with Crippen LogP contribution in [0.25, 0.3) is 0 Å². The summed E-state index contributed by atoms with van der Waals surface area (Å²) in [4.78, 5) is 16.1. The molecule has 0 spiro atoms. The highest BCUT2D eigenvalue weighted by Gasteiger charge is 2.18. The first-order valence-corrected chi connectivity index (χ1v) is 6.06. The molecule has 1 heterocycles. The minimum atomic E-state index is 0.127. The van der Waals surface area contributed by atoms with Gasteiger partial charge in [0.2, 0.25) is 5.91 Å². The number of amides is 1. The summed E-state index contributed by atoms with van der Waals surface area (Å²) in [6.07, 6.45) is 0. The molecule has 0 saturated carbocycles. The van der Waals surface area contributed by atoms with Crippen LogP contribution in [0.15, 0.2) is 0 Å². The number of piperazine rings is 1. The van der Waals surface area contributed by atoms with Crippen LogP contribution in [0.5, 0.6) is 0 Å². The van der Waals surface area contributed by atoms with Gasteiger partial charge in [-0.2, -0.15) is 0 Å². The SMILES string of the molecule is CC(C)NC(=O)CN1CCN(CCN)CC1. The van der Waals surface area contributed by atoms with E-state index in [0.717, 1.165) is 32.7 Å². The largest absolute Gasteiger partial charge is 0.353 e. The van der Waals surface area contributed by atoms with Gasteiger partial charge in [-0.1, -0.05) is 0 Å². The predicted octanol–water partition coefficient (Wildman–Crippen LogP) is -0.913. The van der Waals surface area contributed by atoms with Crippen molar-refractivity contribution in [3.05, 3.63) is 0 Å². The number of hydrogen-bond acceptors (Lipinski definition) is 4. The molecule has 1 rings (SSSR count). The summed E-state index contributed by atoms with van der Waals surface area (Å²) >= 11 is 0. The van der Waals surface area contributed by atoms with Crippen molar-refractivity contribution in [1.29, 1.82) is 0 Å². The molecule has 0 aliphatic carbocycles. The van der Waals surface area contributed by atoms with Gasteiger partial charge in [0.05, 0.1) is 6.54 Å². The van der Waals surface area contributed by atoms with Crippen LogP contribution in [-0.4, -0.2) is 67.6 Å². The fraction of sp³-hybridized carbons (Fsp3) is 0.909. The number of nitrogens with zero attached hydrogens (tertiary/aromatic N) is 2. The lowest BCUT2D eigenvalue weighted by molar-refractivity contribution is -0.123. The van der Waals surface area contributed by atoms with E-state index in [1.54, 1.807) is 0 Å². The third kappa shape index (κ3) is 4.92. The van der Waals surface area contributed by atoms with Gasteiger partial charge in [0, 0.05) is 45.3 Å². The lowest BCUT2D eigenvalue weighted by Gasteiger charge is -2.34. The molecule has 0 bridgehead atoms. The first kappa shape index (κ1) is 13.4. The maximum Gasteiger partial charge on any atom is 0.234 e. The molecule has 3 N–H and O–H groups in total. The van der Waals surface area contributed by atoms with Crippen molar-refractivity contribution in [2.75, 3.05) is 45.8 Å². The average molecular weight is 228 g/mol. The van der Waals surface area contributed by atoms with E-state index in [1.807, 2.05) is 13.8 Å².